The van der Waals surface area contributed by atoms with E-state index in [1.54, 1.807) is 12.1 Å². The molecule has 6 nitrogen and oxygen atoms in total. The molecule has 0 aliphatic carbocycles. The van der Waals surface area contributed by atoms with E-state index in [1.165, 1.54) is 17.4 Å². The largest absolute Gasteiger partial charge is 0.351 e. The van der Waals surface area contributed by atoms with Crippen molar-refractivity contribution in [3.63, 3.8) is 0 Å². The normalized spacial score (nSPS) is 14.9. The Morgan fingerprint density at radius 3 is 2.62 bits per heavy atom. The van der Waals surface area contributed by atoms with Crippen molar-refractivity contribution in [2.75, 3.05) is 19.6 Å². The molecule has 0 radical (unpaired) electrons. The van der Waals surface area contributed by atoms with Crippen LogP contribution in [0, 0.1) is 11.7 Å². The van der Waals surface area contributed by atoms with Crippen molar-refractivity contribution in [2.45, 2.75) is 19.4 Å². The van der Waals surface area contributed by atoms with Gasteiger partial charge in [0.2, 0.25) is 5.82 Å². The second-order valence-corrected chi connectivity index (χ2v) is 9.56. The van der Waals surface area contributed by atoms with Crippen molar-refractivity contribution < 1.29 is 13.7 Å². The van der Waals surface area contributed by atoms with E-state index in [2.05, 4.69) is 20.4 Å². The lowest BCUT2D eigenvalue weighted by Crippen LogP contribution is -2.38. The molecule has 3 heterocycles. The van der Waals surface area contributed by atoms with Gasteiger partial charge >= 0.3 is 0 Å². The lowest BCUT2D eigenvalue weighted by molar-refractivity contribution is 0.0939. The number of nitrogens with one attached hydrogen (secondary N) is 1. The average Bonchev–Trinajstić information content (AvgIpc) is 3.56. The minimum Gasteiger partial charge on any atom is -0.351 e. The molecular formula is C26H25FN4O2S. The van der Waals surface area contributed by atoms with Crippen molar-refractivity contribution in [3.05, 3.63) is 83.0 Å². The van der Waals surface area contributed by atoms with Crippen LogP contribution in [-0.2, 0) is 6.54 Å². The predicted molar refractivity (Wildman–Crippen MR) is 130 cm³/mol. The maximum Gasteiger partial charge on any atom is 0.261 e. The number of hydrogen-bond donors (Lipinski definition) is 1. The standard InChI is InChI=1S/C26H25FN4O2S/c27-21-9-5-4-8-20(21)17-31-14-12-18(13-15-31)16-28-25(32)23-11-10-22(34-23)24-29-26(33-30-24)19-6-2-1-3-7-19/h1-11,18H,12-17H2,(H,28,32). The molecule has 2 aromatic carbocycles. The van der Waals surface area contributed by atoms with Gasteiger partial charge in [0.15, 0.2) is 0 Å². The Morgan fingerprint density at radius 1 is 1.06 bits per heavy atom. The van der Waals surface area contributed by atoms with Gasteiger partial charge in [-0.05, 0) is 62.2 Å². The first kappa shape index (κ1) is 22.4. The van der Waals surface area contributed by atoms with Gasteiger partial charge in [-0.2, -0.15) is 4.98 Å². The maximum absolute atomic E-state index is 13.9. The van der Waals surface area contributed by atoms with Crippen LogP contribution in [-0.4, -0.2) is 40.6 Å². The minimum absolute atomic E-state index is 0.0863. The second-order valence-electron chi connectivity index (χ2n) is 8.47. The number of carbonyl (C=O) groups is 1. The number of amides is 1. The zero-order valence-electron chi connectivity index (χ0n) is 18.6. The first-order valence-electron chi connectivity index (χ1n) is 11.4. The number of thiophene rings is 1. The zero-order chi connectivity index (χ0) is 23.3. The van der Waals surface area contributed by atoms with E-state index in [1.807, 2.05) is 48.5 Å². The zero-order valence-corrected chi connectivity index (χ0v) is 19.4. The van der Waals surface area contributed by atoms with Crippen molar-refractivity contribution in [3.8, 4) is 22.2 Å². The average molecular weight is 477 g/mol. The van der Waals surface area contributed by atoms with Gasteiger partial charge < -0.3 is 9.84 Å². The number of benzene rings is 2. The van der Waals surface area contributed by atoms with Crippen LogP contribution in [0.1, 0.15) is 28.1 Å². The number of hydrogen-bond acceptors (Lipinski definition) is 6. The first-order valence-corrected chi connectivity index (χ1v) is 12.2. The molecule has 8 heteroatoms. The summed E-state index contributed by atoms with van der Waals surface area (Å²) in [6.07, 6.45) is 1.96. The van der Waals surface area contributed by atoms with Gasteiger partial charge in [0.1, 0.15) is 5.82 Å². The summed E-state index contributed by atoms with van der Waals surface area (Å²) in [5.74, 6) is 1.12. The summed E-state index contributed by atoms with van der Waals surface area (Å²) in [5.41, 5.74) is 1.59. The van der Waals surface area contributed by atoms with Gasteiger partial charge in [0.25, 0.3) is 11.8 Å². The summed E-state index contributed by atoms with van der Waals surface area (Å²) in [6.45, 7) is 3.07. The third-order valence-electron chi connectivity index (χ3n) is 6.11. The number of nitrogens with zero attached hydrogens (tertiary/aromatic N) is 3. The monoisotopic (exact) mass is 476 g/mol. The highest BCUT2D eigenvalue weighted by Crippen LogP contribution is 2.28. The van der Waals surface area contributed by atoms with Crippen LogP contribution in [0.15, 0.2) is 71.3 Å². The number of aromatic nitrogens is 2. The van der Waals surface area contributed by atoms with Gasteiger partial charge in [-0.3, -0.25) is 9.69 Å². The molecule has 0 spiro atoms. The Bertz CT molecular complexity index is 1250. The van der Waals surface area contributed by atoms with E-state index >= 15 is 0 Å². The molecular weight excluding hydrogens is 451 g/mol. The summed E-state index contributed by atoms with van der Waals surface area (Å²) >= 11 is 1.35. The molecule has 2 aromatic heterocycles. The van der Waals surface area contributed by atoms with Gasteiger partial charge in [-0.15, -0.1) is 11.3 Å². The van der Waals surface area contributed by atoms with Gasteiger partial charge in [-0.1, -0.05) is 41.6 Å². The van der Waals surface area contributed by atoms with E-state index in [4.69, 9.17) is 4.52 Å². The molecule has 1 saturated heterocycles. The highest BCUT2D eigenvalue weighted by Gasteiger charge is 2.21. The van der Waals surface area contributed by atoms with Crippen LogP contribution in [0.2, 0.25) is 0 Å². The summed E-state index contributed by atoms with van der Waals surface area (Å²) in [6, 6.07) is 20.2. The number of rotatable bonds is 7. The third kappa shape index (κ3) is 5.24. The van der Waals surface area contributed by atoms with E-state index in [-0.39, 0.29) is 11.7 Å². The Labute approximate surface area is 201 Å². The molecule has 34 heavy (non-hydrogen) atoms. The fraction of sp³-hybridized carbons (Fsp3) is 0.269. The van der Waals surface area contributed by atoms with Crippen LogP contribution in [0.5, 0.6) is 0 Å². The Morgan fingerprint density at radius 2 is 1.82 bits per heavy atom. The molecule has 5 rings (SSSR count). The molecule has 1 fully saturated rings. The van der Waals surface area contributed by atoms with E-state index in [9.17, 15) is 9.18 Å². The van der Waals surface area contributed by atoms with Gasteiger partial charge in [-0.25, -0.2) is 4.39 Å². The molecule has 1 amide bonds. The number of likely N-dealkylation sites (tertiary alicyclic amines) is 1. The van der Waals surface area contributed by atoms with Crippen molar-refractivity contribution in [1.82, 2.24) is 20.4 Å². The molecule has 0 saturated carbocycles. The van der Waals surface area contributed by atoms with E-state index < -0.39 is 0 Å². The van der Waals surface area contributed by atoms with Gasteiger partial charge in [0.05, 0.1) is 9.75 Å². The lowest BCUT2D eigenvalue weighted by Gasteiger charge is -2.32. The Kier molecular flexibility index (Phi) is 6.78. The molecule has 0 unspecified atom stereocenters. The third-order valence-corrected chi connectivity index (χ3v) is 7.19. The van der Waals surface area contributed by atoms with Crippen LogP contribution in [0.4, 0.5) is 4.39 Å². The summed E-state index contributed by atoms with van der Waals surface area (Å²) < 4.78 is 19.3. The van der Waals surface area contributed by atoms with Crippen molar-refractivity contribution in [1.29, 1.82) is 0 Å². The van der Waals surface area contributed by atoms with Crippen LogP contribution < -0.4 is 5.32 Å². The minimum atomic E-state index is -0.149. The van der Waals surface area contributed by atoms with E-state index in [0.29, 0.717) is 35.6 Å². The smallest absolute Gasteiger partial charge is 0.261 e. The number of carbonyl (C=O) groups excluding carboxylic acids is 1. The van der Waals surface area contributed by atoms with Crippen molar-refractivity contribution in [2.24, 2.45) is 5.92 Å². The summed E-state index contributed by atoms with van der Waals surface area (Å²) in [4.78, 5) is 20.8. The molecule has 4 aromatic rings. The van der Waals surface area contributed by atoms with Crippen LogP contribution in [0.25, 0.3) is 22.2 Å². The Balaban J connectivity index is 1.11. The summed E-state index contributed by atoms with van der Waals surface area (Å²) in [5, 5.41) is 7.13. The predicted octanol–water partition coefficient (Wildman–Crippen LogP) is 5.25. The maximum atomic E-state index is 13.9. The fourth-order valence-electron chi connectivity index (χ4n) is 4.14. The molecule has 1 aliphatic rings. The molecule has 0 bridgehead atoms. The molecule has 1 aliphatic heterocycles. The number of halogens is 1. The molecule has 174 valence electrons. The Hall–Kier alpha value is -3.36. The van der Waals surface area contributed by atoms with Crippen molar-refractivity contribution >= 4 is 17.2 Å². The molecule has 0 atom stereocenters. The topological polar surface area (TPSA) is 71.3 Å². The highest BCUT2D eigenvalue weighted by molar-refractivity contribution is 7.17. The molecule has 1 N–H and O–H groups in total. The van der Waals surface area contributed by atoms with Crippen LogP contribution in [0.3, 0.4) is 0 Å². The summed E-state index contributed by atoms with van der Waals surface area (Å²) in [7, 11) is 0. The lowest BCUT2D eigenvalue weighted by atomic mass is 9.96. The second kappa shape index (κ2) is 10.3. The number of piperidine rings is 1. The van der Waals surface area contributed by atoms with E-state index in [0.717, 1.165) is 41.9 Å². The highest BCUT2D eigenvalue weighted by atomic mass is 32.1. The fourth-order valence-corrected chi connectivity index (χ4v) is 4.99. The SMILES string of the molecule is O=C(NCC1CCN(Cc2ccccc2F)CC1)c1ccc(-c2noc(-c3ccccc3)n2)s1. The van der Waals surface area contributed by atoms with Crippen LogP contribution >= 0.6 is 11.3 Å². The quantitative estimate of drug-likeness (QED) is 0.395. The van der Waals surface area contributed by atoms with Gasteiger partial charge in [0, 0.05) is 24.2 Å². The first-order chi connectivity index (χ1) is 16.7.